The molecule has 8 nitrogen and oxygen atoms in total. The number of hydrogen-bond donors (Lipinski definition) is 2. The van der Waals surface area contributed by atoms with Gasteiger partial charge in [-0.1, -0.05) is 30.3 Å². The number of rotatable bonds is 10. The average molecular weight is 613 g/mol. The minimum absolute atomic E-state index is 0.00120. The Kier molecular flexibility index (Phi) is 8.57. The first-order valence-corrected chi connectivity index (χ1v) is 16.3. The summed E-state index contributed by atoms with van der Waals surface area (Å²) in [6.45, 7) is 3.95. The van der Waals surface area contributed by atoms with E-state index in [0.717, 1.165) is 58.8 Å². The molecule has 0 amide bonds. The number of aryl methyl sites for hydroxylation is 1. The number of hydrogen-bond acceptors (Lipinski definition) is 7. The molecule has 4 N–H and O–H groups in total. The van der Waals surface area contributed by atoms with E-state index in [-0.39, 0.29) is 17.4 Å². The lowest BCUT2D eigenvalue weighted by molar-refractivity contribution is -0.116. The zero-order valence-corrected chi connectivity index (χ0v) is 25.8. The molecular formula is C34H37FN6O2S. The third-order valence-electron chi connectivity index (χ3n) is 8.48. The molecule has 1 aliphatic heterocycles. The summed E-state index contributed by atoms with van der Waals surface area (Å²) in [5.41, 5.74) is 17.9. The molecule has 0 bridgehead atoms. The predicted molar refractivity (Wildman–Crippen MR) is 176 cm³/mol. The Labute approximate surface area is 260 Å². The van der Waals surface area contributed by atoms with E-state index in [1.165, 1.54) is 12.1 Å². The molecule has 0 aliphatic carbocycles. The van der Waals surface area contributed by atoms with Crippen molar-refractivity contribution in [3.05, 3.63) is 89.4 Å². The molecule has 2 aromatic carbocycles. The third-order valence-corrected chi connectivity index (χ3v) is 9.12. The second-order valence-corrected chi connectivity index (χ2v) is 12.6. The number of nitrogens with two attached hydrogens (primary N) is 2. The van der Waals surface area contributed by atoms with Crippen LogP contribution >= 0.6 is 11.8 Å². The molecule has 0 radical (unpaired) electrons. The first kappa shape index (κ1) is 30.1. The van der Waals surface area contributed by atoms with Crippen molar-refractivity contribution in [1.29, 1.82) is 0 Å². The van der Waals surface area contributed by atoms with Crippen molar-refractivity contribution in [1.82, 2.24) is 14.0 Å². The van der Waals surface area contributed by atoms with E-state index in [1.807, 2.05) is 25.3 Å². The zero-order chi connectivity index (χ0) is 31.0. The van der Waals surface area contributed by atoms with Gasteiger partial charge in [0.2, 0.25) is 11.6 Å². The second kappa shape index (κ2) is 12.6. The molecule has 5 aromatic rings. The van der Waals surface area contributed by atoms with Crippen LogP contribution in [0.3, 0.4) is 0 Å². The van der Waals surface area contributed by atoms with Crippen molar-refractivity contribution in [2.24, 2.45) is 11.5 Å². The van der Waals surface area contributed by atoms with Gasteiger partial charge in [-0.2, -0.15) is 11.8 Å². The van der Waals surface area contributed by atoms with Crippen molar-refractivity contribution in [3.63, 3.8) is 0 Å². The number of piperidine rings is 1. The van der Waals surface area contributed by atoms with Crippen LogP contribution in [0.2, 0.25) is 0 Å². The molecule has 10 heteroatoms. The first-order chi connectivity index (χ1) is 21.2. The lowest BCUT2D eigenvalue weighted by Crippen LogP contribution is -2.43. The number of para-hydroxylation sites is 1. The summed E-state index contributed by atoms with van der Waals surface area (Å²) in [7, 11) is 0. The molecular weight excluding hydrogens is 575 g/mol. The number of Topliss-reactive ketones (excluding diaryl/α,β-unsaturated/α-hetero) is 2. The van der Waals surface area contributed by atoms with Crippen LogP contribution in [0.15, 0.2) is 66.7 Å². The lowest BCUT2D eigenvalue weighted by Gasteiger charge is -2.33. The summed E-state index contributed by atoms with van der Waals surface area (Å²) in [4.78, 5) is 33.9. The summed E-state index contributed by atoms with van der Waals surface area (Å²) in [5.74, 6) is 0.0135. The molecule has 6 rings (SSSR count). The maximum Gasteiger partial charge on any atom is 0.230 e. The van der Waals surface area contributed by atoms with Gasteiger partial charge in [-0.15, -0.1) is 0 Å². The van der Waals surface area contributed by atoms with Crippen LogP contribution in [0.4, 0.5) is 10.2 Å². The second-order valence-electron chi connectivity index (χ2n) is 11.6. The lowest BCUT2D eigenvalue weighted by atomic mass is 10.0. The van der Waals surface area contributed by atoms with Crippen molar-refractivity contribution in [2.75, 3.05) is 30.0 Å². The number of thioether (sulfide) groups is 1. The molecule has 1 fully saturated rings. The molecule has 44 heavy (non-hydrogen) atoms. The fourth-order valence-corrected chi connectivity index (χ4v) is 6.64. The number of carbonyl (C=O) groups excluding carboxylic acids is 2. The quantitative estimate of drug-likeness (QED) is 0.165. The topological polar surface area (TPSA) is 112 Å². The SMILES string of the molecule is CSCCC(N)C(=O)C(=O)c1cc(N2CCC[C@@H](N)C2)n2c(C)c(-c3cc4ccccc4n3Cc3ccc(F)cc3)nc2c1. The minimum atomic E-state index is -0.850. The molecule has 0 saturated carbocycles. The largest absolute Gasteiger partial charge is 0.356 e. The van der Waals surface area contributed by atoms with Gasteiger partial charge in [-0.05, 0) is 80.2 Å². The Morgan fingerprint density at radius 3 is 2.64 bits per heavy atom. The number of ketones is 2. The van der Waals surface area contributed by atoms with Gasteiger partial charge in [0.15, 0.2) is 0 Å². The van der Waals surface area contributed by atoms with Crippen LogP contribution in [-0.2, 0) is 11.3 Å². The van der Waals surface area contributed by atoms with Crippen LogP contribution in [0, 0.1) is 12.7 Å². The van der Waals surface area contributed by atoms with E-state index in [2.05, 4.69) is 32.1 Å². The maximum absolute atomic E-state index is 13.7. The molecule has 228 valence electrons. The van der Waals surface area contributed by atoms with Crippen LogP contribution in [0.1, 0.15) is 40.9 Å². The van der Waals surface area contributed by atoms with Gasteiger partial charge in [0.1, 0.15) is 23.0 Å². The number of carbonyl (C=O) groups is 2. The smallest absolute Gasteiger partial charge is 0.230 e. The highest BCUT2D eigenvalue weighted by Crippen LogP contribution is 2.34. The van der Waals surface area contributed by atoms with E-state index in [4.69, 9.17) is 16.5 Å². The standard InChI is InChI=1S/C34H37FN6O2S/c1-21-32(29-16-23-6-3-4-8-28(23)40(29)19-22-9-11-25(35)12-10-22)38-30-17-24(33(42)34(43)27(37)13-15-44-2)18-31(41(21)30)39-14-5-7-26(36)20-39/h3-4,6,8-12,16-18,26-27H,5,7,13-15,19-20,36-37H2,1-2H3/t26-,27?/m1/s1. The average Bonchev–Trinajstić information content (AvgIpc) is 3.56. The monoisotopic (exact) mass is 612 g/mol. The van der Waals surface area contributed by atoms with E-state index in [0.29, 0.717) is 30.9 Å². The Morgan fingerprint density at radius 2 is 1.89 bits per heavy atom. The van der Waals surface area contributed by atoms with Gasteiger partial charge in [-0.3, -0.25) is 14.0 Å². The Morgan fingerprint density at radius 1 is 1.11 bits per heavy atom. The normalized spacial score (nSPS) is 16.1. The highest BCUT2D eigenvalue weighted by molar-refractivity contribution is 7.98. The molecule has 3 aromatic heterocycles. The summed E-state index contributed by atoms with van der Waals surface area (Å²) < 4.78 is 17.9. The molecule has 1 aliphatic rings. The van der Waals surface area contributed by atoms with Gasteiger partial charge >= 0.3 is 0 Å². The summed E-state index contributed by atoms with van der Waals surface area (Å²) in [5, 5.41) is 1.06. The van der Waals surface area contributed by atoms with E-state index < -0.39 is 17.6 Å². The summed E-state index contributed by atoms with van der Waals surface area (Å²) >= 11 is 1.59. The number of imidazole rings is 1. The molecule has 4 heterocycles. The summed E-state index contributed by atoms with van der Waals surface area (Å²) in [6.07, 6.45) is 4.23. The highest BCUT2D eigenvalue weighted by Gasteiger charge is 2.28. The maximum atomic E-state index is 13.7. The van der Waals surface area contributed by atoms with Gasteiger partial charge in [-0.25, -0.2) is 9.37 Å². The van der Waals surface area contributed by atoms with Crippen molar-refractivity contribution in [2.45, 2.75) is 44.8 Å². The van der Waals surface area contributed by atoms with Gasteiger partial charge in [0, 0.05) is 42.1 Å². The van der Waals surface area contributed by atoms with Crippen LogP contribution < -0.4 is 16.4 Å². The number of nitrogens with zero attached hydrogens (tertiary/aromatic N) is 4. The Bertz CT molecular complexity index is 1850. The number of fused-ring (bicyclic) bond motifs is 2. The third kappa shape index (κ3) is 5.77. The number of anilines is 1. The fraction of sp³-hybridized carbons (Fsp3) is 0.324. The number of halogens is 1. The van der Waals surface area contributed by atoms with E-state index in [1.54, 1.807) is 36.0 Å². The predicted octanol–water partition coefficient (Wildman–Crippen LogP) is 5.21. The van der Waals surface area contributed by atoms with E-state index in [9.17, 15) is 14.0 Å². The Balaban J connectivity index is 1.51. The van der Waals surface area contributed by atoms with Crippen molar-refractivity contribution < 1.29 is 14.0 Å². The molecule has 1 saturated heterocycles. The number of aromatic nitrogens is 3. The molecule has 2 atom stereocenters. The first-order valence-electron chi connectivity index (χ1n) is 14.9. The van der Waals surface area contributed by atoms with Crippen molar-refractivity contribution in [3.8, 4) is 11.4 Å². The van der Waals surface area contributed by atoms with Crippen LogP contribution in [0.5, 0.6) is 0 Å². The molecule has 0 spiro atoms. The van der Waals surface area contributed by atoms with Gasteiger partial charge in [0.25, 0.3) is 0 Å². The number of pyridine rings is 1. The minimum Gasteiger partial charge on any atom is -0.356 e. The summed E-state index contributed by atoms with van der Waals surface area (Å²) in [6, 6.07) is 19.4. The molecule has 1 unspecified atom stereocenters. The van der Waals surface area contributed by atoms with Crippen molar-refractivity contribution >= 4 is 45.7 Å². The van der Waals surface area contributed by atoms with Gasteiger partial charge in [0.05, 0.1) is 17.4 Å². The zero-order valence-electron chi connectivity index (χ0n) is 25.0. The van der Waals surface area contributed by atoms with Gasteiger partial charge < -0.3 is 20.9 Å². The van der Waals surface area contributed by atoms with E-state index >= 15 is 0 Å². The van der Waals surface area contributed by atoms with Crippen LogP contribution in [0.25, 0.3) is 27.9 Å². The Hall–Kier alpha value is -3.99. The highest BCUT2D eigenvalue weighted by atomic mass is 32.2. The number of benzene rings is 2. The van der Waals surface area contributed by atoms with Crippen LogP contribution in [-0.4, -0.2) is 62.7 Å². The fourth-order valence-electron chi connectivity index (χ4n) is 6.15.